The third-order valence-electron chi connectivity index (χ3n) is 4.75. The van der Waals surface area contributed by atoms with Crippen molar-refractivity contribution in [3.8, 4) is 17.1 Å². The van der Waals surface area contributed by atoms with Crippen LogP contribution < -0.4 is 20.9 Å². The van der Waals surface area contributed by atoms with Gasteiger partial charge in [-0.3, -0.25) is 10.2 Å². The van der Waals surface area contributed by atoms with Crippen LogP contribution in [0.15, 0.2) is 42.5 Å². The monoisotopic (exact) mass is 533 g/mol. The third-order valence-corrected chi connectivity index (χ3v) is 4.94. The van der Waals surface area contributed by atoms with E-state index >= 15 is 0 Å². The normalized spacial score (nSPS) is 12.7. The van der Waals surface area contributed by atoms with Crippen molar-refractivity contribution < 1.29 is 35.9 Å². The van der Waals surface area contributed by atoms with Gasteiger partial charge in [0.25, 0.3) is 5.91 Å². The molecule has 16 heteroatoms. The smallest absolute Gasteiger partial charge is 0.416 e. The zero-order valence-electron chi connectivity index (χ0n) is 18.4. The molecule has 0 bridgehead atoms. The van der Waals surface area contributed by atoms with E-state index in [0.717, 1.165) is 9.81 Å². The Bertz CT molecular complexity index is 1250. The lowest BCUT2D eigenvalue weighted by molar-refractivity contribution is -0.143. The predicted octanol–water partition coefficient (Wildman–Crippen LogP) is 3.73. The van der Waals surface area contributed by atoms with Crippen LogP contribution in [0, 0.1) is 0 Å². The zero-order chi connectivity index (χ0) is 26.8. The Labute approximate surface area is 204 Å². The number of rotatable bonds is 5. The highest BCUT2D eigenvalue weighted by molar-refractivity contribution is 7.80. The lowest BCUT2D eigenvalue weighted by atomic mass is 10.0. The number of nitrogens with two attached hydrogens (primary N) is 1. The number of hydrogen-bond donors (Lipinski definition) is 2. The minimum absolute atomic E-state index is 0.0210. The summed E-state index contributed by atoms with van der Waals surface area (Å²) in [5.41, 5.74) is 4.81. The second-order valence-electron chi connectivity index (χ2n) is 7.26. The van der Waals surface area contributed by atoms with Gasteiger partial charge in [0.15, 0.2) is 11.2 Å². The molecule has 3 aromatic rings. The van der Waals surface area contributed by atoms with Gasteiger partial charge in [-0.25, -0.2) is 5.01 Å². The van der Waals surface area contributed by atoms with Crippen molar-refractivity contribution in [3.05, 3.63) is 53.6 Å². The molecule has 192 valence electrons. The Kier molecular flexibility index (Phi) is 7.38. The number of methoxy groups -OCH3 is 1. The lowest BCUT2D eigenvalue weighted by Crippen LogP contribution is -2.51. The summed E-state index contributed by atoms with van der Waals surface area (Å²) in [5.74, 6) is -0.877. The molecule has 1 atom stereocenters. The van der Waals surface area contributed by atoms with Gasteiger partial charge in [-0.05, 0) is 54.7 Å². The van der Waals surface area contributed by atoms with Gasteiger partial charge in [0, 0.05) is 11.6 Å². The molecule has 1 amide bonds. The molecule has 0 fully saturated rings. The number of aromatic nitrogens is 4. The Morgan fingerprint density at radius 3 is 2.25 bits per heavy atom. The number of alkyl halides is 6. The van der Waals surface area contributed by atoms with Gasteiger partial charge in [0.2, 0.25) is 5.82 Å². The summed E-state index contributed by atoms with van der Waals surface area (Å²) in [6.07, 6.45) is -10.1. The van der Waals surface area contributed by atoms with Crippen molar-refractivity contribution >= 4 is 28.9 Å². The van der Waals surface area contributed by atoms with E-state index in [1.54, 1.807) is 18.2 Å². The molecule has 2 aromatic carbocycles. The summed E-state index contributed by atoms with van der Waals surface area (Å²) in [4.78, 5) is 13.5. The highest BCUT2D eigenvalue weighted by atomic mass is 32.1. The first-order valence-corrected chi connectivity index (χ1v) is 10.2. The number of benzene rings is 2. The van der Waals surface area contributed by atoms with E-state index in [4.69, 9.17) is 22.7 Å². The highest BCUT2D eigenvalue weighted by Crippen LogP contribution is 2.38. The van der Waals surface area contributed by atoms with E-state index in [2.05, 4.69) is 20.8 Å². The summed E-state index contributed by atoms with van der Waals surface area (Å²) >= 11 is 4.97. The number of ether oxygens (including phenoxy) is 1. The number of hydrogen-bond acceptors (Lipinski definition) is 6. The molecule has 0 saturated carbocycles. The van der Waals surface area contributed by atoms with Crippen LogP contribution in [0.5, 0.6) is 5.75 Å². The molecule has 0 aliphatic heterocycles. The summed E-state index contributed by atoms with van der Waals surface area (Å²) in [7, 11) is 1.43. The fourth-order valence-electron chi connectivity index (χ4n) is 2.89. The maximum Gasteiger partial charge on any atom is 0.416 e. The number of halogens is 6. The summed E-state index contributed by atoms with van der Waals surface area (Å²) in [6, 6.07) is 6.03. The van der Waals surface area contributed by atoms with E-state index in [-0.39, 0.29) is 11.2 Å². The lowest BCUT2D eigenvalue weighted by Gasteiger charge is -2.25. The first-order chi connectivity index (χ1) is 16.7. The maximum atomic E-state index is 13.2. The maximum absolute atomic E-state index is 13.2. The number of amides is 1. The predicted molar refractivity (Wildman–Crippen MR) is 118 cm³/mol. The van der Waals surface area contributed by atoms with E-state index in [1.807, 2.05) is 0 Å². The fraction of sp³-hybridized carbons (Fsp3) is 0.250. The van der Waals surface area contributed by atoms with Crippen LogP contribution in [-0.4, -0.2) is 38.3 Å². The molecule has 1 unspecified atom stereocenters. The van der Waals surface area contributed by atoms with Crippen molar-refractivity contribution in [3.63, 3.8) is 0 Å². The Morgan fingerprint density at radius 1 is 1.11 bits per heavy atom. The van der Waals surface area contributed by atoms with Crippen LogP contribution in [0.25, 0.3) is 11.4 Å². The Hall–Kier alpha value is -3.95. The quantitative estimate of drug-likeness (QED) is 0.290. The van der Waals surface area contributed by atoms with Gasteiger partial charge >= 0.3 is 12.4 Å². The molecular weight excluding hydrogens is 516 g/mol. The van der Waals surface area contributed by atoms with Gasteiger partial charge in [-0.2, -0.15) is 31.1 Å². The van der Waals surface area contributed by atoms with Crippen LogP contribution in [0.3, 0.4) is 0 Å². The number of nitrogens with one attached hydrogen (secondary N) is 1. The van der Waals surface area contributed by atoms with Crippen LogP contribution in [0.2, 0.25) is 0 Å². The van der Waals surface area contributed by atoms with Gasteiger partial charge in [0.05, 0.1) is 23.9 Å². The average Bonchev–Trinajstić information content (AvgIpc) is 3.30. The Balaban J connectivity index is 1.88. The van der Waals surface area contributed by atoms with Crippen molar-refractivity contribution in [2.24, 2.45) is 5.73 Å². The number of hydrazine groups is 1. The van der Waals surface area contributed by atoms with Gasteiger partial charge in [-0.1, -0.05) is 6.07 Å². The number of anilines is 1. The number of thiocarbonyl (C=S) groups is 1. The molecule has 9 nitrogen and oxygen atoms in total. The molecule has 1 heterocycles. The van der Waals surface area contributed by atoms with Crippen molar-refractivity contribution in [1.29, 1.82) is 0 Å². The minimum Gasteiger partial charge on any atom is -0.497 e. The molecule has 0 spiro atoms. The molecule has 3 N–H and O–H groups in total. The second-order valence-corrected chi connectivity index (χ2v) is 7.67. The van der Waals surface area contributed by atoms with E-state index in [0.29, 0.717) is 23.6 Å². The molecule has 0 aliphatic carbocycles. The molecule has 1 aromatic heterocycles. The molecule has 0 aliphatic rings. The Morgan fingerprint density at radius 2 is 1.72 bits per heavy atom. The zero-order valence-corrected chi connectivity index (χ0v) is 19.2. The number of carbonyl (C=O) groups is 1. The summed E-state index contributed by atoms with van der Waals surface area (Å²) in [5, 5.41) is 11.7. The van der Waals surface area contributed by atoms with Crippen molar-refractivity contribution in [2.75, 3.05) is 12.1 Å². The molecular formula is C20H17F6N7O2S. The summed E-state index contributed by atoms with van der Waals surface area (Å²) in [6.45, 7) is 1.32. The largest absolute Gasteiger partial charge is 0.497 e. The minimum atomic E-state index is -5.05. The second kappa shape index (κ2) is 9.96. The molecule has 36 heavy (non-hydrogen) atoms. The number of tetrazole rings is 1. The number of carbonyl (C=O) groups excluding carboxylic acids is 1. The van der Waals surface area contributed by atoms with Gasteiger partial charge in [-0.15, -0.1) is 10.2 Å². The van der Waals surface area contributed by atoms with E-state index in [1.165, 1.54) is 20.1 Å². The molecule has 3 rings (SSSR count). The highest BCUT2D eigenvalue weighted by Gasteiger charge is 2.37. The van der Waals surface area contributed by atoms with Crippen LogP contribution in [0.4, 0.5) is 32.0 Å². The van der Waals surface area contributed by atoms with Gasteiger partial charge < -0.3 is 10.5 Å². The average molecular weight is 533 g/mol. The van der Waals surface area contributed by atoms with Crippen LogP contribution in [-0.2, 0) is 17.1 Å². The summed E-state index contributed by atoms with van der Waals surface area (Å²) < 4.78 is 84.0. The third kappa shape index (κ3) is 5.99. The fourth-order valence-corrected chi connectivity index (χ4v) is 3.04. The van der Waals surface area contributed by atoms with Crippen molar-refractivity contribution in [2.45, 2.75) is 25.3 Å². The first-order valence-electron chi connectivity index (χ1n) is 9.84. The number of nitrogens with zero attached hydrogens (tertiary/aromatic N) is 5. The van der Waals surface area contributed by atoms with Crippen molar-refractivity contribution in [1.82, 2.24) is 25.6 Å². The topological polar surface area (TPSA) is 111 Å². The van der Waals surface area contributed by atoms with E-state index in [9.17, 15) is 31.1 Å². The van der Waals surface area contributed by atoms with Gasteiger partial charge in [0.1, 0.15) is 5.75 Å². The molecule has 0 saturated heterocycles. The SMILES string of the molecule is COc1cccc(N(NC(=O)C(C)n2nnc(-c3cc(C(F)(F)F)cc(C(F)(F)F)c3)n2)C(N)=S)c1. The molecule has 0 radical (unpaired) electrons. The van der Waals surface area contributed by atoms with E-state index < -0.39 is 46.8 Å². The van der Waals surface area contributed by atoms with Crippen LogP contribution >= 0.6 is 12.2 Å². The first kappa shape index (κ1) is 26.7. The van der Waals surface area contributed by atoms with Crippen LogP contribution in [0.1, 0.15) is 24.1 Å². The standard InChI is InChI=1S/C20H17F6N7O2S/c1-10(17(34)30-32(18(27)36)14-4-3-5-15(9-14)35-2)33-29-16(28-31-33)11-6-12(19(21,22)23)8-13(7-11)20(24,25)26/h3-10H,1-2H3,(H2,27,36)(H,30,34).